The molecule has 0 amide bonds. The summed E-state index contributed by atoms with van der Waals surface area (Å²) in [4.78, 5) is 13.0. The van der Waals surface area contributed by atoms with Crippen LogP contribution >= 0.6 is 0 Å². The molecule has 3 rings (SSSR count). The Morgan fingerprint density at radius 2 is 2.35 bits per heavy atom. The Labute approximate surface area is 99.9 Å². The molecule has 2 aromatic rings. The van der Waals surface area contributed by atoms with Gasteiger partial charge in [0.2, 0.25) is 0 Å². The molecule has 2 heterocycles. The van der Waals surface area contributed by atoms with Crippen LogP contribution in [0.1, 0.15) is 25.8 Å². The molecule has 17 heavy (non-hydrogen) atoms. The summed E-state index contributed by atoms with van der Waals surface area (Å²) in [6, 6.07) is 2.48. The van der Waals surface area contributed by atoms with Crippen LogP contribution in [0.5, 0.6) is 0 Å². The zero-order valence-corrected chi connectivity index (χ0v) is 9.80. The standard InChI is InChI=1S/C12H15N5/c1-2-14-11-5-6-15-12(16-11)10-7-13-8-17(10)9-3-4-9/h5-9H,2-4H2,1H3,(H,14,15,16). The number of rotatable bonds is 4. The van der Waals surface area contributed by atoms with Gasteiger partial charge < -0.3 is 9.88 Å². The Balaban J connectivity index is 1.96. The molecule has 0 unspecified atom stereocenters. The molecular formula is C12H15N5. The largest absolute Gasteiger partial charge is 0.370 e. The zero-order chi connectivity index (χ0) is 11.7. The van der Waals surface area contributed by atoms with E-state index in [1.54, 1.807) is 6.20 Å². The molecule has 1 aliphatic rings. The second kappa shape index (κ2) is 4.16. The summed E-state index contributed by atoms with van der Waals surface area (Å²) >= 11 is 0. The molecule has 0 atom stereocenters. The van der Waals surface area contributed by atoms with Gasteiger partial charge in [-0.25, -0.2) is 15.0 Å². The number of nitrogens with one attached hydrogen (secondary N) is 1. The Morgan fingerprint density at radius 1 is 1.47 bits per heavy atom. The van der Waals surface area contributed by atoms with Gasteiger partial charge in [0.05, 0.1) is 12.5 Å². The Hall–Kier alpha value is -1.91. The van der Waals surface area contributed by atoms with Crippen LogP contribution in [0.2, 0.25) is 0 Å². The molecule has 0 aliphatic heterocycles. The van der Waals surface area contributed by atoms with Gasteiger partial charge in [-0.1, -0.05) is 0 Å². The normalized spacial score (nSPS) is 14.9. The molecule has 1 N–H and O–H groups in total. The fourth-order valence-electron chi connectivity index (χ4n) is 1.88. The number of hydrogen-bond donors (Lipinski definition) is 1. The molecule has 2 aromatic heterocycles. The van der Waals surface area contributed by atoms with Gasteiger partial charge in [0.15, 0.2) is 5.82 Å². The van der Waals surface area contributed by atoms with Gasteiger partial charge in [0.25, 0.3) is 0 Å². The summed E-state index contributed by atoms with van der Waals surface area (Å²) < 4.78 is 2.17. The van der Waals surface area contributed by atoms with Gasteiger partial charge in [0, 0.05) is 18.8 Å². The minimum atomic E-state index is 0.596. The average molecular weight is 229 g/mol. The fraction of sp³-hybridized carbons (Fsp3) is 0.417. The third-order valence-electron chi connectivity index (χ3n) is 2.85. The lowest BCUT2D eigenvalue weighted by atomic mass is 10.4. The van der Waals surface area contributed by atoms with Crippen LogP contribution in [0.15, 0.2) is 24.8 Å². The maximum Gasteiger partial charge on any atom is 0.179 e. The van der Waals surface area contributed by atoms with Crippen LogP contribution in [-0.2, 0) is 0 Å². The van der Waals surface area contributed by atoms with E-state index in [4.69, 9.17) is 0 Å². The maximum absolute atomic E-state index is 4.49. The van der Waals surface area contributed by atoms with Crippen LogP contribution in [0.25, 0.3) is 11.5 Å². The van der Waals surface area contributed by atoms with Crippen molar-refractivity contribution in [3.63, 3.8) is 0 Å². The first kappa shape index (κ1) is 10.3. The molecule has 0 aromatic carbocycles. The number of nitrogens with zero attached hydrogens (tertiary/aromatic N) is 4. The van der Waals surface area contributed by atoms with E-state index in [1.165, 1.54) is 12.8 Å². The van der Waals surface area contributed by atoms with Crippen molar-refractivity contribution in [3.05, 3.63) is 24.8 Å². The molecular weight excluding hydrogens is 214 g/mol. The minimum absolute atomic E-state index is 0.596. The van der Waals surface area contributed by atoms with Crippen LogP contribution in [0.3, 0.4) is 0 Å². The van der Waals surface area contributed by atoms with Crippen LogP contribution < -0.4 is 5.32 Å². The molecule has 1 fully saturated rings. The summed E-state index contributed by atoms with van der Waals surface area (Å²) in [5.74, 6) is 1.61. The van der Waals surface area contributed by atoms with E-state index < -0.39 is 0 Å². The fourth-order valence-corrected chi connectivity index (χ4v) is 1.88. The Bertz CT molecular complexity index is 515. The van der Waals surface area contributed by atoms with E-state index in [2.05, 4.69) is 31.8 Å². The minimum Gasteiger partial charge on any atom is -0.370 e. The van der Waals surface area contributed by atoms with Gasteiger partial charge in [0.1, 0.15) is 11.5 Å². The molecule has 0 spiro atoms. The molecule has 0 saturated heterocycles. The first-order valence-corrected chi connectivity index (χ1v) is 5.97. The SMILES string of the molecule is CCNc1ccnc(-c2cncn2C2CC2)n1. The van der Waals surface area contributed by atoms with Crippen LogP contribution in [0.4, 0.5) is 5.82 Å². The number of anilines is 1. The highest BCUT2D eigenvalue weighted by Gasteiger charge is 2.26. The first-order valence-electron chi connectivity index (χ1n) is 5.97. The molecule has 1 aliphatic carbocycles. The highest BCUT2D eigenvalue weighted by atomic mass is 15.1. The van der Waals surface area contributed by atoms with E-state index >= 15 is 0 Å². The van der Waals surface area contributed by atoms with E-state index in [1.807, 2.05) is 18.6 Å². The van der Waals surface area contributed by atoms with Crippen molar-refractivity contribution in [2.45, 2.75) is 25.8 Å². The first-order chi connectivity index (χ1) is 8.38. The van der Waals surface area contributed by atoms with Crippen molar-refractivity contribution in [1.29, 1.82) is 0 Å². The van der Waals surface area contributed by atoms with E-state index in [9.17, 15) is 0 Å². The molecule has 5 heteroatoms. The highest BCUT2D eigenvalue weighted by Crippen LogP contribution is 2.37. The summed E-state index contributed by atoms with van der Waals surface area (Å²) in [7, 11) is 0. The lowest BCUT2D eigenvalue weighted by Gasteiger charge is -2.07. The molecule has 88 valence electrons. The van der Waals surface area contributed by atoms with Crippen molar-refractivity contribution in [2.24, 2.45) is 0 Å². The number of hydrogen-bond acceptors (Lipinski definition) is 4. The third-order valence-corrected chi connectivity index (χ3v) is 2.85. The van der Waals surface area contributed by atoms with Gasteiger partial charge in [-0.3, -0.25) is 0 Å². The second-order valence-electron chi connectivity index (χ2n) is 4.21. The van der Waals surface area contributed by atoms with Crippen molar-refractivity contribution < 1.29 is 0 Å². The van der Waals surface area contributed by atoms with E-state index in [-0.39, 0.29) is 0 Å². The lowest BCUT2D eigenvalue weighted by Crippen LogP contribution is -2.03. The predicted molar refractivity (Wildman–Crippen MR) is 65.7 cm³/mol. The van der Waals surface area contributed by atoms with Crippen LogP contribution in [0, 0.1) is 0 Å². The predicted octanol–water partition coefficient (Wildman–Crippen LogP) is 2.11. The monoisotopic (exact) mass is 229 g/mol. The highest BCUT2D eigenvalue weighted by molar-refractivity contribution is 5.52. The molecule has 0 radical (unpaired) electrons. The summed E-state index contributed by atoms with van der Waals surface area (Å²) in [6.07, 6.45) is 7.96. The van der Waals surface area contributed by atoms with Crippen molar-refractivity contribution in [1.82, 2.24) is 19.5 Å². The smallest absolute Gasteiger partial charge is 0.179 e. The Morgan fingerprint density at radius 3 is 3.12 bits per heavy atom. The van der Waals surface area contributed by atoms with Gasteiger partial charge in [-0.15, -0.1) is 0 Å². The van der Waals surface area contributed by atoms with Crippen LogP contribution in [-0.4, -0.2) is 26.1 Å². The van der Waals surface area contributed by atoms with Crippen molar-refractivity contribution in [3.8, 4) is 11.5 Å². The number of aromatic nitrogens is 4. The maximum atomic E-state index is 4.49. The lowest BCUT2D eigenvalue weighted by molar-refractivity contribution is 0.743. The van der Waals surface area contributed by atoms with Crippen molar-refractivity contribution in [2.75, 3.05) is 11.9 Å². The summed E-state index contributed by atoms with van der Waals surface area (Å²) in [5.41, 5.74) is 1.01. The summed E-state index contributed by atoms with van der Waals surface area (Å²) in [5, 5.41) is 3.19. The van der Waals surface area contributed by atoms with Gasteiger partial charge in [-0.2, -0.15) is 0 Å². The van der Waals surface area contributed by atoms with Crippen molar-refractivity contribution >= 4 is 5.82 Å². The third kappa shape index (κ3) is 2.00. The second-order valence-corrected chi connectivity index (χ2v) is 4.21. The summed E-state index contributed by atoms with van der Waals surface area (Å²) in [6.45, 7) is 2.91. The topological polar surface area (TPSA) is 55.6 Å². The van der Waals surface area contributed by atoms with E-state index in [0.717, 1.165) is 23.9 Å². The average Bonchev–Trinajstić information content (AvgIpc) is 3.08. The Kier molecular flexibility index (Phi) is 2.51. The zero-order valence-electron chi connectivity index (χ0n) is 9.80. The quantitative estimate of drug-likeness (QED) is 0.872. The molecule has 1 saturated carbocycles. The number of imidazole rings is 1. The van der Waals surface area contributed by atoms with Gasteiger partial charge in [-0.05, 0) is 25.8 Å². The van der Waals surface area contributed by atoms with E-state index in [0.29, 0.717) is 6.04 Å². The molecule has 0 bridgehead atoms. The molecule has 5 nitrogen and oxygen atoms in total. The van der Waals surface area contributed by atoms with Gasteiger partial charge >= 0.3 is 0 Å².